The third kappa shape index (κ3) is 7.34. The maximum atomic E-state index is 14.0. The zero-order valence-electron chi connectivity index (χ0n) is 23.7. The van der Waals surface area contributed by atoms with Crippen molar-refractivity contribution < 1.29 is 18.0 Å². The maximum absolute atomic E-state index is 14.0. The Labute approximate surface area is 239 Å². The molecule has 0 aromatic heterocycles. The molecule has 1 heterocycles. The number of carbonyl (C=O) groups excluding carboxylic acids is 1. The van der Waals surface area contributed by atoms with Crippen LogP contribution in [0, 0.1) is 18.9 Å². The van der Waals surface area contributed by atoms with E-state index in [9.17, 15) is 18.0 Å². The number of rotatable bonds is 7. The number of alkyl halides is 3. The fourth-order valence-electron chi connectivity index (χ4n) is 4.86. The quantitative estimate of drug-likeness (QED) is 0.213. The molecule has 9 heteroatoms. The lowest BCUT2D eigenvalue weighted by Gasteiger charge is -2.22. The Balaban J connectivity index is 1.52. The van der Waals surface area contributed by atoms with Crippen molar-refractivity contribution in [1.82, 2.24) is 9.80 Å². The second kappa shape index (κ2) is 12.6. The van der Waals surface area contributed by atoms with E-state index in [1.54, 1.807) is 30.1 Å². The van der Waals surface area contributed by atoms with Crippen molar-refractivity contribution >= 4 is 29.7 Å². The van der Waals surface area contributed by atoms with Gasteiger partial charge in [-0.3, -0.25) is 14.7 Å². The number of likely N-dealkylation sites (N-methyl/N-ethyl adjacent to an activating group) is 1. The van der Waals surface area contributed by atoms with Crippen LogP contribution in [-0.4, -0.2) is 62.7 Å². The summed E-state index contributed by atoms with van der Waals surface area (Å²) in [6, 6.07) is 19.8. The highest BCUT2D eigenvalue weighted by Crippen LogP contribution is 2.35. The minimum Gasteiger partial charge on any atom is -0.322 e. The first-order chi connectivity index (χ1) is 19.5. The van der Waals surface area contributed by atoms with Gasteiger partial charge in [0, 0.05) is 55.6 Å². The van der Waals surface area contributed by atoms with Gasteiger partial charge in [-0.2, -0.15) is 13.2 Å². The van der Waals surface area contributed by atoms with E-state index in [2.05, 4.69) is 33.9 Å². The molecule has 4 rings (SSSR count). The molecule has 41 heavy (non-hydrogen) atoms. The second-order valence-corrected chi connectivity index (χ2v) is 10.4. The molecule has 0 aliphatic carbocycles. The minimum atomic E-state index is -4.55. The predicted octanol–water partition coefficient (Wildman–Crippen LogP) is 6.18. The van der Waals surface area contributed by atoms with E-state index < -0.39 is 17.6 Å². The van der Waals surface area contributed by atoms with Crippen molar-refractivity contribution in [1.29, 1.82) is 0 Å². The van der Waals surface area contributed by atoms with E-state index in [4.69, 9.17) is 0 Å². The molecular weight excluding hydrogens is 527 g/mol. The monoisotopic (exact) mass is 561 g/mol. The Kier molecular flexibility index (Phi) is 9.16. The molecule has 1 saturated heterocycles. The van der Waals surface area contributed by atoms with Crippen molar-refractivity contribution in [3.05, 3.63) is 88.5 Å². The SMILES string of the molecule is C=Nc1ccccc1N(C)C#Cc1cc(C(=O)Nc2ccc(CN3CCC(N(C)C)C3)c(C(F)(F)F)c2)ccc1C. The molecule has 0 saturated carbocycles. The number of aliphatic imine (C=N–C) groups is 1. The van der Waals surface area contributed by atoms with Crippen LogP contribution in [0.5, 0.6) is 0 Å². The molecule has 1 unspecified atom stereocenters. The highest BCUT2D eigenvalue weighted by molar-refractivity contribution is 6.04. The third-order valence-electron chi connectivity index (χ3n) is 7.32. The molecule has 3 aromatic carbocycles. The van der Waals surface area contributed by atoms with Gasteiger partial charge in [0.15, 0.2) is 0 Å². The van der Waals surface area contributed by atoms with Crippen LogP contribution in [0.4, 0.5) is 30.2 Å². The van der Waals surface area contributed by atoms with Crippen molar-refractivity contribution in [2.75, 3.05) is 44.4 Å². The van der Waals surface area contributed by atoms with Gasteiger partial charge < -0.3 is 15.1 Å². The van der Waals surface area contributed by atoms with Gasteiger partial charge in [0.1, 0.15) is 0 Å². The minimum absolute atomic E-state index is 0.0835. The number of carbonyl (C=O) groups is 1. The highest BCUT2D eigenvalue weighted by atomic mass is 19.4. The Morgan fingerprint density at radius 3 is 2.56 bits per heavy atom. The van der Waals surface area contributed by atoms with Crippen LogP contribution < -0.4 is 10.2 Å². The molecule has 1 atom stereocenters. The van der Waals surface area contributed by atoms with Crippen molar-refractivity contribution in [3.8, 4) is 12.0 Å². The van der Waals surface area contributed by atoms with Crippen LogP contribution in [0.1, 0.15) is 39.0 Å². The molecular formula is C32H34F3N5O. The van der Waals surface area contributed by atoms with Gasteiger partial charge in [0.05, 0.1) is 16.9 Å². The first-order valence-corrected chi connectivity index (χ1v) is 13.3. The summed E-state index contributed by atoms with van der Waals surface area (Å²) in [7, 11) is 5.77. The molecule has 3 aromatic rings. The molecule has 1 N–H and O–H groups in total. The van der Waals surface area contributed by atoms with Crippen molar-refractivity contribution in [2.45, 2.75) is 32.1 Å². The summed E-state index contributed by atoms with van der Waals surface area (Å²) in [5.41, 5.74) is 2.79. The Morgan fingerprint density at radius 2 is 1.88 bits per heavy atom. The van der Waals surface area contributed by atoms with Crippen LogP contribution in [0.15, 0.2) is 65.7 Å². The number of hydrogen-bond acceptors (Lipinski definition) is 5. The molecule has 214 valence electrons. The predicted molar refractivity (Wildman–Crippen MR) is 159 cm³/mol. The highest BCUT2D eigenvalue weighted by Gasteiger charge is 2.35. The van der Waals surface area contributed by atoms with E-state index >= 15 is 0 Å². The number of halogens is 3. The van der Waals surface area contributed by atoms with Gasteiger partial charge in [-0.05, 0) is 87.6 Å². The second-order valence-electron chi connectivity index (χ2n) is 10.4. The molecule has 1 aliphatic rings. The average molecular weight is 562 g/mol. The van der Waals surface area contributed by atoms with Crippen molar-refractivity contribution in [2.24, 2.45) is 4.99 Å². The molecule has 6 nitrogen and oxygen atoms in total. The number of anilines is 2. The Hall–Kier alpha value is -4.13. The molecule has 1 fully saturated rings. The Bertz CT molecular complexity index is 1490. The number of likely N-dealkylation sites (tertiary alicyclic amines) is 1. The lowest BCUT2D eigenvalue weighted by molar-refractivity contribution is -0.138. The van der Waals surface area contributed by atoms with Crippen LogP contribution in [0.25, 0.3) is 0 Å². The van der Waals surface area contributed by atoms with Crippen LogP contribution >= 0.6 is 0 Å². The largest absolute Gasteiger partial charge is 0.416 e. The first-order valence-electron chi connectivity index (χ1n) is 13.3. The van der Waals surface area contributed by atoms with Gasteiger partial charge in [-0.15, -0.1) is 0 Å². The average Bonchev–Trinajstić information content (AvgIpc) is 3.41. The number of para-hydroxylation sites is 2. The zero-order chi connectivity index (χ0) is 29.7. The van der Waals surface area contributed by atoms with Crippen LogP contribution in [0.2, 0.25) is 0 Å². The summed E-state index contributed by atoms with van der Waals surface area (Å²) in [5.74, 6) is 2.56. The maximum Gasteiger partial charge on any atom is 0.416 e. The summed E-state index contributed by atoms with van der Waals surface area (Å²) in [6.07, 6.45) is -3.63. The van der Waals surface area contributed by atoms with Gasteiger partial charge in [-0.1, -0.05) is 24.3 Å². The van der Waals surface area contributed by atoms with E-state index in [1.165, 1.54) is 12.1 Å². The number of hydrogen-bond donors (Lipinski definition) is 1. The normalized spacial score (nSPS) is 15.4. The summed E-state index contributed by atoms with van der Waals surface area (Å²) >= 11 is 0. The van der Waals surface area contributed by atoms with E-state index in [1.807, 2.05) is 50.2 Å². The topological polar surface area (TPSA) is 51.2 Å². The molecule has 0 bridgehead atoms. The summed E-state index contributed by atoms with van der Waals surface area (Å²) in [5, 5.41) is 2.63. The van der Waals surface area contributed by atoms with Gasteiger partial charge in [0.25, 0.3) is 5.91 Å². The molecule has 0 radical (unpaired) electrons. The summed E-state index contributed by atoms with van der Waals surface area (Å²) < 4.78 is 42.1. The van der Waals surface area contributed by atoms with Gasteiger partial charge in [-0.25, -0.2) is 0 Å². The first kappa shape index (κ1) is 29.8. The van der Waals surface area contributed by atoms with E-state index in [0.717, 1.165) is 36.8 Å². The van der Waals surface area contributed by atoms with Crippen LogP contribution in [-0.2, 0) is 12.7 Å². The lowest BCUT2D eigenvalue weighted by Crippen LogP contribution is -2.31. The number of nitrogens with one attached hydrogen (secondary N) is 1. The van der Waals surface area contributed by atoms with Crippen molar-refractivity contribution in [3.63, 3.8) is 0 Å². The molecule has 0 spiro atoms. The third-order valence-corrected chi connectivity index (χ3v) is 7.32. The fourth-order valence-corrected chi connectivity index (χ4v) is 4.86. The van der Waals surface area contributed by atoms with E-state index in [-0.39, 0.29) is 17.8 Å². The number of aryl methyl sites for hydroxylation is 1. The number of nitrogens with zero attached hydrogens (tertiary/aromatic N) is 4. The van der Waals surface area contributed by atoms with Gasteiger partial charge >= 0.3 is 6.18 Å². The lowest BCUT2D eigenvalue weighted by atomic mass is 10.0. The zero-order valence-corrected chi connectivity index (χ0v) is 23.7. The van der Waals surface area contributed by atoms with Crippen LogP contribution in [0.3, 0.4) is 0 Å². The number of amides is 1. The fraction of sp³-hybridized carbons (Fsp3) is 0.312. The number of benzene rings is 3. The summed E-state index contributed by atoms with van der Waals surface area (Å²) in [4.78, 5) is 22.9. The Morgan fingerprint density at radius 1 is 1.12 bits per heavy atom. The smallest absolute Gasteiger partial charge is 0.322 e. The molecule has 1 aliphatic heterocycles. The van der Waals surface area contributed by atoms with Gasteiger partial charge in [0.2, 0.25) is 0 Å². The molecule has 1 amide bonds. The van der Waals surface area contributed by atoms with E-state index in [0.29, 0.717) is 22.9 Å². The standard InChI is InChI=1S/C32H34F3N5O/c1-22-10-11-24(18-23(22)14-16-39(5)30-9-7-6-8-29(30)36-2)31(41)37-26-13-12-25(28(19-26)32(33,34)35)20-40-17-15-27(21-40)38(3)4/h6-13,18-19,27H,2,15,17,20-21H2,1,3-5H3,(H,37,41). The summed E-state index contributed by atoms with van der Waals surface area (Å²) in [6.45, 7) is 7.13.